The summed E-state index contributed by atoms with van der Waals surface area (Å²) in [6.07, 6.45) is 6.97. The lowest BCUT2D eigenvalue weighted by atomic mass is 9.52. The smallest absolute Gasteiger partial charge is 0.0689 e. The zero-order chi connectivity index (χ0) is 11.1. The molecular weight excluding hydrogens is 194 g/mol. The van der Waals surface area contributed by atoms with Crippen molar-refractivity contribution in [3.05, 3.63) is 35.9 Å². The van der Waals surface area contributed by atoms with E-state index in [1.165, 1.54) is 24.8 Å². The highest BCUT2D eigenvalue weighted by atomic mass is 14.5. The van der Waals surface area contributed by atoms with Crippen LogP contribution in [0.15, 0.2) is 30.3 Å². The van der Waals surface area contributed by atoms with Crippen LogP contribution < -0.4 is 0 Å². The molecule has 0 aliphatic heterocycles. The van der Waals surface area contributed by atoms with Gasteiger partial charge in [0.05, 0.1) is 11.5 Å². The van der Waals surface area contributed by atoms with Crippen LogP contribution in [0, 0.1) is 16.7 Å². The predicted octanol–water partition coefficient (Wildman–Crippen LogP) is 3.80. The summed E-state index contributed by atoms with van der Waals surface area (Å²) in [5, 5.41) is 9.27. The monoisotopic (exact) mass is 211 g/mol. The normalized spacial score (nSPS) is 36.9. The Morgan fingerprint density at radius 3 is 1.94 bits per heavy atom. The van der Waals surface area contributed by atoms with Crippen molar-refractivity contribution in [2.45, 2.75) is 43.9 Å². The largest absolute Gasteiger partial charge is 0.198 e. The highest BCUT2D eigenvalue weighted by Crippen LogP contribution is 2.57. The highest BCUT2D eigenvalue weighted by molar-refractivity contribution is 5.29. The minimum absolute atomic E-state index is 0.0382. The van der Waals surface area contributed by atoms with Gasteiger partial charge in [0.15, 0.2) is 0 Å². The summed E-state index contributed by atoms with van der Waals surface area (Å²) in [5.41, 5.74) is 1.94. The fourth-order valence-corrected chi connectivity index (χ4v) is 3.58. The number of nitrogens with zero attached hydrogens (tertiary/aromatic N) is 1. The number of rotatable bonds is 1. The molecule has 1 nitrogen and oxygen atoms in total. The summed E-state index contributed by atoms with van der Waals surface area (Å²) in [4.78, 5) is 0. The van der Waals surface area contributed by atoms with E-state index < -0.39 is 0 Å². The van der Waals surface area contributed by atoms with E-state index in [-0.39, 0.29) is 5.41 Å². The molecule has 0 spiro atoms. The van der Waals surface area contributed by atoms with E-state index in [1.54, 1.807) is 0 Å². The van der Waals surface area contributed by atoms with Gasteiger partial charge in [0.1, 0.15) is 0 Å². The first kappa shape index (κ1) is 9.90. The van der Waals surface area contributed by atoms with Gasteiger partial charge in [-0.1, -0.05) is 30.3 Å². The van der Waals surface area contributed by atoms with Crippen LogP contribution in [-0.4, -0.2) is 0 Å². The van der Waals surface area contributed by atoms with Crippen LogP contribution in [0.2, 0.25) is 0 Å². The van der Waals surface area contributed by atoms with Crippen LogP contribution in [-0.2, 0) is 5.41 Å². The van der Waals surface area contributed by atoms with Gasteiger partial charge in [-0.05, 0) is 49.5 Å². The maximum absolute atomic E-state index is 9.27. The van der Waals surface area contributed by atoms with Gasteiger partial charge in [-0.25, -0.2) is 0 Å². The second kappa shape index (κ2) is 3.35. The fraction of sp³-hybridized carbons (Fsp3) is 0.533. The lowest BCUT2D eigenvalue weighted by molar-refractivity contribution is 0.0849. The molecule has 0 aromatic heterocycles. The molecule has 0 N–H and O–H groups in total. The van der Waals surface area contributed by atoms with Crippen molar-refractivity contribution in [3.63, 3.8) is 0 Å². The molecule has 3 aliphatic carbocycles. The van der Waals surface area contributed by atoms with E-state index in [2.05, 4.69) is 36.4 Å². The van der Waals surface area contributed by atoms with Crippen LogP contribution in [0.25, 0.3) is 0 Å². The average Bonchev–Trinajstić information content (AvgIpc) is 2.42. The van der Waals surface area contributed by atoms with E-state index in [9.17, 15) is 5.26 Å². The Labute approximate surface area is 97.1 Å². The molecule has 3 saturated carbocycles. The summed E-state index contributed by atoms with van der Waals surface area (Å²) < 4.78 is 0. The third kappa shape index (κ3) is 1.29. The summed E-state index contributed by atoms with van der Waals surface area (Å²) in [6.45, 7) is 0. The summed E-state index contributed by atoms with van der Waals surface area (Å²) in [5.74, 6) is 0. The number of hydrogen-bond acceptors (Lipinski definition) is 1. The summed E-state index contributed by atoms with van der Waals surface area (Å²) in [7, 11) is 0. The molecule has 82 valence electrons. The average molecular weight is 211 g/mol. The minimum atomic E-state index is 0.0382. The second-order valence-corrected chi connectivity index (χ2v) is 5.54. The molecular formula is C15H17N. The predicted molar refractivity (Wildman–Crippen MR) is 63.9 cm³/mol. The molecule has 1 aromatic carbocycles. The van der Waals surface area contributed by atoms with E-state index >= 15 is 0 Å². The molecule has 0 saturated heterocycles. The first-order chi connectivity index (χ1) is 7.79. The molecule has 3 aliphatic rings. The molecule has 2 bridgehead atoms. The summed E-state index contributed by atoms with van der Waals surface area (Å²) in [6, 6.07) is 13.5. The van der Waals surface area contributed by atoms with Crippen LogP contribution in [0.5, 0.6) is 0 Å². The molecule has 1 aromatic rings. The minimum Gasteiger partial charge on any atom is -0.198 e. The van der Waals surface area contributed by atoms with Crippen molar-refractivity contribution in [2.24, 2.45) is 5.41 Å². The van der Waals surface area contributed by atoms with Crippen LogP contribution in [0.4, 0.5) is 0 Å². The zero-order valence-corrected chi connectivity index (χ0v) is 9.58. The van der Waals surface area contributed by atoms with E-state index in [0.717, 1.165) is 19.3 Å². The number of fused-ring (bicyclic) bond motifs is 3. The Kier molecular flexibility index (Phi) is 2.07. The molecule has 0 radical (unpaired) electrons. The quantitative estimate of drug-likeness (QED) is 0.693. The Morgan fingerprint density at radius 2 is 1.44 bits per heavy atom. The lowest BCUT2D eigenvalue weighted by Crippen LogP contribution is -2.43. The first-order valence-corrected chi connectivity index (χ1v) is 6.26. The van der Waals surface area contributed by atoms with Crippen molar-refractivity contribution in [1.82, 2.24) is 0 Å². The molecule has 0 amide bonds. The standard InChI is InChI=1S/C15H17N/c16-12-14-6-9-15(10-7-14,11-8-14)13-4-2-1-3-5-13/h1-5H,6-11H2. The third-order valence-electron chi connectivity index (χ3n) is 4.87. The number of benzene rings is 1. The number of nitriles is 1. The van der Waals surface area contributed by atoms with Crippen molar-refractivity contribution in [1.29, 1.82) is 5.26 Å². The van der Waals surface area contributed by atoms with E-state index in [0.29, 0.717) is 5.41 Å². The van der Waals surface area contributed by atoms with Crippen molar-refractivity contribution >= 4 is 0 Å². The van der Waals surface area contributed by atoms with E-state index in [4.69, 9.17) is 0 Å². The van der Waals surface area contributed by atoms with Crippen molar-refractivity contribution in [2.75, 3.05) is 0 Å². The Balaban J connectivity index is 1.92. The van der Waals surface area contributed by atoms with Gasteiger partial charge in [0, 0.05) is 0 Å². The van der Waals surface area contributed by atoms with Crippen molar-refractivity contribution < 1.29 is 0 Å². The van der Waals surface area contributed by atoms with Gasteiger partial charge in [0.2, 0.25) is 0 Å². The molecule has 3 fully saturated rings. The van der Waals surface area contributed by atoms with Crippen LogP contribution in [0.3, 0.4) is 0 Å². The van der Waals surface area contributed by atoms with Gasteiger partial charge in [-0.2, -0.15) is 5.26 Å². The Morgan fingerprint density at radius 1 is 0.875 bits per heavy atom. The SMILES string of the molecule is N#CC12CCC(c3ccccc3)(CC1)CC2. The van der Waals surface area contributed by atoms with Gasteiger partial charge in [-0.3, -0.25) is 0 Å². The van der Waals surface area contributed by atoms with Crippen LogP contribution >= 0.6 is 0 Å². The molecule has 0 unspecified atom stereocenters. The van der Waals surface area contributed by atoms with Gasteiger partial charge < -0.3 is 0 Å². The zero-order valence-electron chi connectivity index (χ0n) is 9.58. The van der Waals surface area contributed by atoms with Gasteiger partial charge in [0.25, 0.3) is 0 Å². The van der Waals surface area contributed by atoms with Gasteiger partial charge in [-0.15, -0.1) is 0 Å². The van der Waals surface area contributed by atoms with Gasteiger partial charge >= 0.3 is 0 Å². The second-order valence-electron chi connectivity index (χ2n) is 5.54. The Hall–Kier alpha value is -1.29. The topological polar surface area (TPSA) is 23.8 Å². The van der Waals surface area contributed by atoms with Crippen LogP contribution in [0.1, 0.15) is 44.1 Å². The maximum atomic E-state index is 9.27. The molecule has 1 heteroatoms. The molecule has 16 heavy (non-hydrogen) atoms. The summed E-state index contributed by atoms with van der Waals surface area (Å²) >= 11 is 0. The van der Waals surface area contributed by atoms with E-state index in [1.807, 2.05) is 0 Å². The third-order valence-corrected chi connectivity index (χ3v) is 4.87. The number of hydrogen-bond donors (Lipinski definition) is 0. The fourth-order valence-electron chi connectivity index (χ4n) is 3.58. The molecule has 0 atom stereocenters. The Bertz CT molecular complexity index is 402. The molecule has 0 heterocycles. The van der Waals surface area contributed by atoms with Crippen molar-refractivity contribution in [3.8, 4) is 6.07 Å². The molecule has 4 rings (SSSR count). The highest BCUT2D eigenvalue weighted by Gasteiger charge is 2.49. The maximum Gasteiger partial charge on any atom is 0.0689 e. The first-order valence-electron chi connectivity index (χ1n) is 6.26. The lowest BCUT2D eigenvalue weighted by Gasteiger charge is -2.50.